The lowest BCUT2D eigenvalue weighted by atomic mass is 10.1. The number of anilines is 1. The van der Waals surface area contributed by atoms with E-state index in [1.54, 1.807) is 35.6 Å². The summed E-state index contributed by atoms with van der Waals surface area (Å²) in [6.45, 7) is 0. The van der Waals surface area contributed by atoms with Crippen LogP contribution in [0.5, 0.6) is 0 Å². The van der Waals surface area contributed by atoms with Crippen molar-refractivity contribution >= 4 is 38.9 Å². The molecule has 4 rings (SSSR count). The zero-order chi connectivity index (χ0) is 16.5. The topological polar surface area (TPSA) is 58.2 Å². The van der Waals surface area contributed by atoms with E-state index in [0.717, 1.165) is 22.9 Å². The number of thiophene rings is 1. The minimum atomic E-state index is -0.160. The summed E-state index contributed by atoms with van der Waals surface area (Å²) in [5, 5.41) is 8.65. The largest absolute Gasteiger partial charge is 0.349 e. The Morgan fingerprint density at radius 2 is 1.83 bits per heavy atom. The van der Waals surface area contributed by atoms with Crippen molar-refractivity contribution in [2.24, 2.45) is 0 Å². The molecule has 2 aromatic carbocycles. The molecule has 3 aromatic rings. The van der Waals surface area contributed by atoms with Gasteiger partial charge in [0.05, 0.1) is 5.56 Å². The number of fused-ring (bicyclic) bond motifs is 1. The smallest absolute Gasteiger partial charge is 0.257 e. The van der Waals surface area contributed by atoms with Crippen LogP contribution >= 0.6 is 11.3 Å². The molecule has 1 heterocycles. The van der Waals surface area contributed by atoms with E-state index in [4.69, 9.17) is 0 Å². The van der Waals surface area contributed by atoms with Crippen LogP contribution in [0.4, 0.5) is 5.69 Å². The molecule has 0 spiro atoms. The molecule has 1 fully saturated rings. The van der Waals surface area contributed by atoms with E-state index in [1.165, 1.54) is 0 Å². The zero-order valence-electron chi connectivity index (χ0n) is 12.9. The average molecular weight is 336 g/mol. The first-order chi connectivity index (χ1) is 11.7. The van der Waals surface area contributed by atoms with Crippen molar-refractivity contribution in [1.82, 2.24) is 5.32 Å². The number of rotatable bonds is 4. The van der Waals surface area contributed by atoms with Crippen LogP contribution < -0.4 is 10.6 Å². The fourth-order valence-electron chi connectivity index (χ4n) is 2.59. The van der Waals surface area contributed by atoms with Gasteiger partial charge < -0.3 is 10.6 Å². The van der Waals surface area contributed by atoms with Crippen LogP contribution in [-0.2, 0) is 0 Å². The molecule has 2 amide bonds. The third kappa shape index (κ3) is 3.03. The van der Waals surface area contributed by atoms with Crippen molar-refractivity contribution in [2.45, 2.75) is 18.9 Å². The lowest BCUT2D eigenvalue weighted by Gasteiger charge is -2.07. The highest BCUT2D eigenvalue weighted by Gasteiger charge is 2.23. The standard InChI is InChI=1S/C19H16N2O2S/c22-18(20-13-8-9-13)12-4-3-5-14(10-12)21-19(23)16-11-24-17-7-2-1-6-15(16)17/h1-7,10-11,13H,8-9H2,(H,20,22)(H,21,23). The second-order valence-corrected chi connectivity index (χ2v) is 6.84. The number of hydrogen-bond donors (Lipinski definition) is 2. The maximum Gasteiger partial charge on any atom is 0.257 e. The molecule has 1 aliphatic carbocycles. The Kier molecular flexibility index (Phi) is 3.78. The highest BCUT2D eigenvalue weighted by molar-refractivity contribution is 7.17. The summed E-state index contributed by atoms with van der Waals surface area (Å²) in [4.78, 5) is 24.7. The van der Waals surface area contributed by atoms with Gasteiger partial charge >= 0.3 is 0 Å². The highest BCUT2D eigenvalue weighted by atomic mass is 32.1. The van der Waals surface area contributed by atoms with Crippen LogP contribution in [0, 0.1) is 0 Å². The van der Waals surface area contributed by atoms with Gasteiger partial charge in [0.1, 0.15) is 0 Å². The van der Waals surface area contributed by atoms with Crippen LogP contribution in [-0.4, -0.2) is 17.9 Å². The Balaban J connectivity index is 1.54. The Hall–Kier alpha value is -2.66. The fraction of sp³-hybridized carbons (Fsp3) is 0.158. The zero-order valence-corrected chi connectivity index (χ0v) is 13.7. The van der Waals surface area contributed by atoms with Gasteiger partial charge in [0, 0.05) is 32.8 Å². The summed E-state index contributed by atoms with van der Waals surface area (Å²) in [5.74, 6) is -0.248. The quantitative estimate of drug-likeness (QED) is 0.755. The van der Waals surface area contributed by atoms with Gasteiger partial charge in [-0.05, 0) is 37.1 Å². The maximum absolute atomic E-state index is 12.6. The van der Waals surface area contributed by atoms with Gasteiger partial charge in [0.15, 0.2) is 0 Å². The van der Waals surface area contributed by atoms with Crippen LogP contribution in [0.2, 0.25) is 0 Å². The van der Waals surface area contributed by atoms with E-state index in [2.05, 4.69) is 10.6 Å². The third-order valence-electron chi connectivity index (χ3n) is 4.02. The molecule has 0 bridgehead atoms. The number of benzene rings is 2. The summed E-state index contributed by atoms with van der Waals surface area (Å²) >= 11 is 1.55. The summed E-state index contributed by atoms with van der Waals surface area (Å²) in [6.07, 6.45) is 2.10. The second kappa shape index (κ2) is 6.09. The molecule has 1 aliphatic rings. The Labute approximate surface area is 143 Å². The fourth-order valence-corrected chi connectivity index (χ4v) is 3.53. The molecule has 0 aliphatic heterocycles. The highest BCUT2D eigenvalue weighted by Crippen LogP contribution is 2.26. The second-order valence-electron chi connectivity index (χ2n) is 5.93. The van der Waals surface area contributed by atoms with Crippen molar-refractivity contribution in [3.05, 3.63) is 65.0 Å². The van der Waals surface area contributed by atoms with Crippen LogP contribution in [0.1, 0.15) is 33.6 Å². The van der Waals surface area contributed by atoms with Crippen LogP contribution in [0.3, 0.4) is 0 Å². The monoisotopic (exact) mass is 336 g/mol. The maximum atomic E-state index is 12.6. The molecule has 1 saturated carbocycles. The number of carbonyl (C=O) groups is 2. The van der Waals surface area contributed by atoms with E-state index in [9.17, 15) is 9.59 Å². The summed E-state index contributed by atoms with van der Waals surface area (Å²) in [5.41, 5.74) is 1.84. The van der Waals surface area contributed by atoms with E-state index in [0.29, 0.717) is 22.9 Å². The minimum absolute atomic E-state index is 0.0883. The summed E-state index contributed by atoms with van der Waals surface area (Å²) in [7, 11) is 0. The normalized spacial score (nSPS) is 13.7. The molecule has 0 atom stereocenters. The van der Waals surface area contributed by atoms with Gasteiger partial charge in [-0.1, -0.05) is 24.3 Å². The average Bonchev–Trinajstić information content (AvgIpc) is 3.30. The third-order valence-corrected chi connectivity index (χ3v) is 4.98. The molecule has 0 radical (unpaired) electrons. The number of nitrogens with one attached hydrogen (secondary N) is 2. The van der Waals surface area contributed by atoms with E-state index < -0.39 is 0 Å². The predicted molar refractivity (Wildman–Crippen MR) is 96.7 cm³/mol. The first kappa shape index (κ1) is 14.9. The lowest BCUT2D eigenvalue weighted by molar-refractivity contribution is 0.0949. The molecule has 2 N–H and O–H groups in total. The number of hydrogen-bond acceptors (Lipinski definition) is 3. The van der Waals surface area contributed by atoms with Crippen LogP contribution in [0.15, 0.2) is 53.9 Å². The molecule has 24 heavy (non-hydrogen) atoms. The molecule has 4 nitrogen and oxygen atoms in total. The van der Waals surface area contributed by atoms with Crippen molar-refractivity contribution in [1.29, 1.82) is 0 Å². The predicted octanol–water partition coefficient (Wildman–Crippen LogP) is 4.05. The molecule has 120 valence electrons. The van der Waals surface area contributed by atoms with Gasteiger partial charge in [0.2, 0.25) is 0 Å². The van der Waals surface area contributed by atoms with Gasteiger partial charge in [-0.15, -0.1) is 11.3 Å². The summed E-state index contributed by atoms with van der Waals surface area (Å²) < 4.78 is 1.08. The van der Waals surface area contributed by atoms with Gasteiger partial charge in [-0.2, -0.15) is 0 Å². The van der Waals surface area contributed by atoms with E-state index in [1.807, 2.05) is 29.6 Å². The van der Waals surface area contributed by atoms with Gasteiger partial charge in [0.25, 0.3) is 11.8 Å². The molecule has 0 unspecified atom stereocenters. The van der Waals surface area contributed by atoms with Crippen molar-refractivity contribution < 1.29 is 9.59 Å². The van der Waals surface area contributed by atoms with Crippen molar-refractivity contribution in [3.63, 3.8) is 0 Å². The van der Waals surface area contributed by atoms with Gasteiger partial charge in [-0.25, -0.2) is 0 Å². The Morgan fingerprint density at radius 1 is 1.00 bits per heavy atom. The minimum Gasteiger partial charge on any atom is -0.349 e. The number of carbonyl (C=O) groups excluding carboxylic acids is 2. The van der Waals surface area contributed by atoms with Crippen molar-refractivity contribution in [2.75, 3.05) is 5.32 Å². The summed E-state index contributed by atoms with van der Waals surface area (Å²) in [6, 6.07) is 15.2. The molecular formula is C19H16N2O2S. The Bertz CT molecular complexity index is 928. The SMILES string of the molecule is O=C(NC1CC1)c1cccc(NC(=O)c2csc3ccccc23)c1. The van der Waals surface area contributed by atoms with Crippen molar-refractivity contribution in [3.8, 4) is 0 Å². The molecular weight excluding hydrogens is 320 g/mol. The van der Waals surface area contributed by atoms with E-state index in [-0.39, 0.29) is 11.8 Å². The van der Waals surface area contributed by atoms with Gasteiger partial charge in [-0.3, -0.25) is 9.59 Å². The first-order valence-corrected chi connectivity index (χ1v) is 8.77. The van der Waals surface area contributed by atoms with E-state index >= 15 is 0 Å². The molecule has 1 aromatic heterocycles. The lowest BCUT2D eigenvalue weighted by Crippen LogP contribution is -2.25. The molecule has 5 heteroatoms. The van der Waals surface area contributed by atoms with Crippen LogP contribution in [0.25, 0.3) is 10.1 Å². The Morgan fingerprint density at radius 3 is 2.67 bits per heavy atom. The molecule has 0 saturated heterocycles. The number of amides is 2. The first-order valence-electron chi connectivity index (χ1n) is 7.89.